The summed E-state index contributed by atoms with van der Waals surface area (Å²) in [6.45, 7) is 0. The number of nitrogens with one attached hydrogen (secondary N) is 1. The summed E-state index contributed by atoms with van der Waals surface area (Å²) in [4.78, 5) is 11.7. The second kappa shape index (κ2) is 5.55. The molecular formula is C10H4Cl2F3N3OS. The van der Waals surface area contributed by atoms with E-state index in [4.69, 9.17) is 23.2 Å². The third kappa shape index (κ3) is 3.38. The van der Waals surface area contributed by atoms with E-state index in [9.17, 15) is 18.0 Å². The van der Waals surface area contributed by atoms with Gasteiger partial charge in [0.15, 0.2) is 0 Å². The number of carbonyl (C=O) groups is 1. The lowest BCUT2D eigenvalue weighted by Gasteiger charge is -2.13. The number of carbonyl (C=O) groups excluding carboxylic acids is 1. The van der Waals surface area contributed by atoms with Crippen LogP contribution in [0.15, 0.2) is 18.2 Å². The lowest BCUT2D eigenvalue weighted by atomic mass is 10.1. The maximum Gasteiger partial charge on any atom is 0.418 e. The number of hydrogen-bond donors (Lipinski definition) is 1. The number of halogens is 5. The molecule has 0 bridgehead atoms. The number of rotatable bonds is 2. The zero-order valence-corrected chi connectivity index (χ0v) is 11.7. The van der Waals surface area contributed by atoms with E-state index in [1.807, 2.05) is 0 Å². The van der Waals surface area contributed by atoms with Gasteiger partial charge in [-0.15, -0.1) is 10.2 Å². The van der Waals surface area contributed by atoms with Gasteiger partial charge in [0.2, 0.25) is 9.47 Å². The Balaban J connectivity index is 2.32. The molecule has 0 atom stereocenters. The smallest absolute Gasteiger partial charge is 0.319 e. The fourth-order valence-electron chi connectivity index (χ4n) is 1.33. The first-order chi connectivity index (χ1) is 9.27. The van der Waals surface area contributed by atoms with Crippen LogP contribution in [-0.2, 0) is 6.18 Å². The second-order valence-electron chi connectivity index (χ2n) is 3.50. The molecule has 0 radical (unpaired) electrons. The molecule has 0 aliphatic carbocycles. The molecule has 20 heavy (non-hydrogen) atoms. The Bertz CT molecular complexity index is 659. The standard InChI is InChI=1S/C10H4Cl2F3N3OS/c11-4-1-2-6(5(3-4)10(13,14)15)16-7(19)8-17-18-9(12)20-8/h1-3H,(H,16,19). The van der Waals surface area contributed by atoms with Gasteiger partial charge in [0, 0.05) is 5.02 Å². The van der Waals surface area contributed by atoms with Crippen molar-refractivity contribution < 1.29 is 18.0 Å². The first-order valence-electron chi connectivity index (χ1n) is 4.94. The molecule has 0 saturated carbocycles. The van der Waals surface area contributed by atoms with Crippen molar-refractivity contribution in [1.82, 2.24) is 10.2 Å². The molecule has 4 nitrogen and oxygen atoms in total. The SMILES string of the molecule is O=C(Nc1ccc(Cl)cc1C(F)(F)F)c1nnc(Cl)s1. The normalized spacial score (nSPS) is 11.4. The van der Waals surface area contributed by atoms with Crippen LogP contribution in [0.5, 0.6) is 0 Å². The quantitative estimate of drug-likeness (QED) is 0.893. The Hall–Kier alpha value is -1.38. The van der Waals surface area contributed by atoms with Gasteiger partial charge in [-0.3, -0.25) is 4.79 Å². The zero-order chi connectivity index (χ0) is 14.9. The molecule has 0 aliphatic heterocycles. The predicted octanol–water partition coefficient (Wildman–Crippen LogP) is 4.12. The van der Waals surface area contributed by atoms with Gasteiger partial charge in [-0.1, -0.05) is 22.9 Å². The number of nitrogens with zero attached hydrogens (tertiary/aromatic N) is 2. The Kier molecular flexibility index (Phi) is 4.17. The summed E-state index contributed by atoms with van der Waals surface area (Å²) in [5, 5.41) is 8.71. The van der Waals surface area contributed by atoms with Gasteiger partial charge >= 0.3 is 6.18 Å². The summed E-state index contributed by atoms with van der Waals surface area (Å²) in [5.41, 5.74) is -1.47. The minimum absolute atomic E-state index is 0.0160. The summed E-state index contributed by atoms with van der Waals surface area (Å²) in [6.07, 6.45) is -4.65. The maximum absolute atomic E-state index is 12.8. The van der Waals surface area contributed by atoms with E-state index < -0.39 is 23.3 Å². The second-order valence-corrected chi connectivity index (χ2v) is 5.50. The lowest BCUT2D eigenvalue weighted by Crippen LogP contribution is -2.16. The Morgan fingerprint density at radius 1 is 1.25 bits per heavy atom. The molecule has 0 saturated heterocycles. The van der Waals surface area contributed by atoms with Crippen molar-refractivity contribution in [2.45, 2.75) is 6.18 Å². The molecule has 0 fully saturated rings. The van der Waals surface area contributed by atoms with Gasteiger partial charge in [0.1, 0.15) is 0 Å². The topological polar surface area (TPSA) is 54.9 Å². The number of amides is 1. The fourth-order valence-corrected chi connectivity index (χ4v) is 2.23. The molecule has 10 heteroatoms. The number of alkyl halides is 3. The van der Waals surface area contributed by atoms with E-state index in [0.29, 0.717) is 0 Å². The molecule has 0 aliphatic rings. The molecule has 1 aromatic carbocycles. The van der Waals surface area contributed by atoms with Crippen molar-refractivity contribution in [2.24, 2.45) is 0 Å². The van der Waals surface area contributed by atoms with Crippen LogP contribution in [0.3, 0.4) is 0 Å². The average Bonchev–Trinajstić information content (AvgIpc) is 2.77. The summed E-state index contributed by atoms with van der Waals surface area (Å²) < 4.78 is 38.5. The minimum Gasteiger partial charge on any atom is -0.319 e. The highest BCUT2D eigenvalue weighted by Gasteiger charge is 2.34. The van der Waals surface area contributed by atoms with Crippen molar-refractivity contribution in [1.29, 1.82) is 0 Å². The fraction of sp³-hybridized carbons (Fsp3) is 0.100. The molecule has 0 unspecified atom stereocenters. The highest BCUT2D eigenvalue weighted by molar-refractivity contribution is 7.17. The van der Waals surface area contributed by atoms with Gasteiger partial charge in [0.05, 0.1) is 11.3 Å². The molecular weight excluding hydrogens is 338 g/mol. The van der Waals surface area contributed by atoms with Gasteiger partial charge in [-0.05, 0) is 29.8 Å². The van der Waals surface area contributed by atoms with Crippen LogP contribution in [-0.4, -0.2) is 16.1 Å². The van der Waals surface area contributed by atoms with Crippen LogP contribution < -0.4 is 5.32 Å². The lowest BCUT2D eigenvalue weighted by molar-refractivity contribution is -0.136. The number of anilines is 1. The van der Waals surface area contributed by atoms with E-state index in [1.54, 1.807) is 0 Å². The monoisotopic (exact) mass is 341 g/mol. The minimum atomic E-state index is -4.65. The highest BCUT2D eigenvalue weighted by Crippen LogP contribution is 2.36. The zero-order valence-electron chi connectivity index (χ0n) is 9.33. The van der Waals surface area contributed by atoms with Crippen molar-refractivity contribution in [2.75, 3.05) is 5.32 Å². The predicted molar refractivity (Wildman–Crippen MR) is 69.3 cm³/mol. The van der Waals surface area contributed by atoms with Crippen LogP contribution in [0.1, 0.15) is 15.4 Å². The number of aromatic nitrogens is 2. The largest absolute Gasteiger partial charge is 0.418 e. The van der Waals surface area contributed by atoms with Crippen molar-refractivity contribution in [3.8, 4) is 0 Å². The van der Waals surface area contributed by atoms with Gasteiger partial charge in [0.25, 0.3) is 5.91 Å². The summed E-state index contributed by atoms with van der Waals surface area (Å²) in [5.74, 6) is -0.831. The molecule has 0 spiro atoms. The average molecular weight is 342 g/mol. The van der Waals surface area contributed by atoms with Gasteiger partial charge < -0.3 is 5.32 Å². The van der Waals surface area contributed by atoms with E-state index >= 15 is 0 Å². The van der Waals surface area contributed by atoms with Gasteiger partial charge in [-0.2, -0.15) is 13.2 Å². The summed E-state index contributed by atoms with van der Waals surface area (Å²) in [7, 11) is 0. The van der Waals surface area contributed by atoms with Crippen LogP contribution in [0.2, 0.25) is 9.49 Å². The Morgan fingerprint density at radius 2 is 1.95 bits per heavy atom. The van der Waals surface area contributed by atoms with E-state index in [2.05, 4.69) is 15.5 Å². The van der Waals surface area contributed by atoms with Crippen LogP contribution in [0, 0.1) is 0 Å². The van der Waals surface area contributed by atoms with E-state index in [-0.39, 0.29) is 14.5 Å². The molecule has 106 valence electrons. The van der Waals surface area contributed by atoms with E-state index in [1.165, 1.54) is 6.07 Å². The summed E-state index contributed by atoms with van der Waals surface area (Å²) in [6, 6.07) is 3.02. The Labute approximate surface area is 124 Å². The molecule has 2 rings (SSSR count). The number of hydrogen-bond acceptors (Lipinski definition) is 4. The van der Waals surface area contributed by atoms with Gasteiger partial charge in [-0.25, -0.2) is 0 Å². The summed E-state index contributed by atoms with van der Waals surface area (Å²) >= 11 is 11.8. The van der Waals surface area contributed by atoms with Crippen molar-refractivity contribution in [3.63, 3.8) is 0 Å². The first kappa shape index (κ1) is 15.0. The molecule has 1 heterocycles. The Morgan fingerprint density at radius 3 is 2.50 bits per heavy atom. The molecule has 2 aromatic rings. The molecule has 1 aromatic heterocycles. The first-order valence-corrected chi connectivity index (χ1v) is 6.51. The van der Waals surface area contributed by atoms with Crippen molar-refractivity contribution >= 4 is 46.1 Å². The van der Waals surface area contributed by atoms with Crippen molar-refractivity contribution in [3.05, 3.63) is 38.3 Å². The number of benzene rings is 1. The van der Waals surface area contributed by atoms with E-state index in [0.717, 1.165) is 23.5 Å². The van der Waals surface area contributed by atoms with Crippen LogP contribution in [0.4, 0.5) is 18.9 Å². The molecule has 1 amide bonds. The maximum atomic E-state index is 12.8. The van der Waals surface area contributed by atoms with Crippen LogP contribution in [0.25, 0.3) is 0 Å². The highest BCUT2D eigenvalue weighted by atomic mass is 35.5. The third-order valence-electron chi connectivity index (χ3n) is 2.13. The third-order valence-corrected chi connectivity index (χ3v) is 3.38. The van der Waals surface area contributed by atoms with Crippen LogP contribution >= 0.6 is 34.5 Å². The molecule has 1 N–H and O–H groups in total.